The minimum atomic E-state index is -3.77. The minimum Gasteiger partial charge on any atom is -0.495 e. The monoisotopic (exact) mass is 363 g/mol. The van der Waals surface area contributed by atoms with Gasteiger partial charge in [0.15, 0.2) is 0 Å². The zero-order valence-corrected chi connectivity index (χ0v) is 16.1. The van der Waals surface area contributed by atoms with Gasteiger partial charge >= 0.3 is 0 Å². The molecule has 0 saturated carbocycles. The molecule has 0 unspecified atom stereocenters. The van der Waals surface area contributed by atoms with Crippen molar-refractivity contribution in [3.05, 3.63) is 41.6 Å². The van der Waals surface area contributed by atoms with Crippen LogP contribution in [0.3, 0.4) is 0 Å². The molecule has 1 heterocycles. The zero-order valence-electron chi connectivity index (χ0n) is 15.3. The SMILES string of the molecule is CCN(CC)c1ccc(NS(=O)(=O)c2cc(C)c(C)cc2OC)cn1. The molecule has 0 saturated heterocycles. The van der Waals surface area contributed by atoms with Crippen molar-refractivity contribution in [1.29, 1.82) is 0 Å². The predicted molar refractivity (Wildman–Crippen MR) is 101 cm³/mol. The maximum atomic E-state index is 12.7. The van der Waals surface area contributed by atoms with E-state index in [4.69, 9.17) is 4.74 Å². The number of ether oxygens (including phenoxy) is 1. The van der Waals surface area contributed by atoms with E-state index in [-0.39, 0.29) is 4.90 Å². The second-order valence-corrected chi connectivity index (χ2v) is 7.42. The van der Waals surface area contributed by atoms with E-state index in [0.29, 0.717) is 11.4 Å². The molecule has 7 heteroatoms. The number of aryl methyl sites for hydroxylation is 2. The normalized spacial score (nSPS) is 11.2. The molecular weight excluding hydrogens is 338 g/mol. The van der Waals surface area contributed by atoms with Crippen LogP contribution in [0.15, 0.2) is 35.4 Å². The Balaban J connectivity index is 2.32. The average Bonchev–Trinajstić information content (AvgIpc) is 2.59. The summed E-state index contributed by atoms with van der Waals surface area (Å²) >= 11 is 0. The molecule has 0 spiro atoms. The summed E-state index contributed by atoms with van der Waals surface area (Å²) in [7, 11) is -2.31. The van der Waals surface area contributed by atoms with E-state index in [1.807, 2.05) is 33.8 Å². The first-order chi connectivity index (χ1) is 11.8. The van der Waals surface area contributed by atoms with Crippen molar-refractivity contribution in [3.8, 4) is 5.75 Å². The zero-order chi connectivity index (χ0) is 18.6. The summed E-state index contributed by atoms with van der Waals surface area (Å²) in [6.07, 6.45) is 1.53. The Hall–Kier alpha value is -2.28. The summed E-state index contributed by atoms with van der Waals surface area (Å²) in [6.45, 7) is 9.57. The highest BCUT2D eigenvalue weighted by Gasteiger charge is 2.21. The van der Waals surface area contributed by atoms with Gasteiger partial charge in [-0.25, -0.2) is 13.4 Å². The van der Waals surface area contributed by atoms with Gasteiger partial charge in [0.1, 0.15) is 16.5 Å². The van der Waals surface area contributed by atoms with Gasteiger partial charge in [0.2, 0.25) is 0 Å². The first-order valence-electron chi connectivity index (χ1n) is 8.21. The Bertz CT molecular complexity index is 829. The van der Waals surface area contributed by atoms with Crippen LogP contribution in [0.5, 0.6) is 5.75 Å². The highest BCUT2D eigenvalue weighted by atomic mass is 32.2. The van der Waals surface area contributed by atoms with Gasteiger partial charge in [-0.3, -0.25) is 4.72 Å². The molecule has 0 aliphatic rings. The Morgan fingerprint density at radius 3 is 2.28 bits per heavy atom. The van der Waals surface area contributed by atoms with Gasteiger partial charge in [-0.15, -0.1) is 0 Å². The van der Waals surface area contributed by atoms with Crippen LogP contribution in [0.4, 0.5) is 11.5 Å². The van der Waals surface area contributed by atoms with Crippen molar-refractivity contribution < 1.29 is 13.2 Å². The summed E-state index contributed by atoms with van der Waals surface area (Å²) in [4.78, 5) is 6.55. The van der Waals surface area contributed by atoms with Gasteiger partial charge in [0.25, 0.3) is 10.0 Å². The molecule has 25 heavy (non-hydrogen) atoms. The quantitative estimate of drug-likeness (QED) is 0.817. The van der Waals surface area contributed by atoms with E-state index < -0.39 is 10.0 Å². The molecule has 1 aromatic carbocycles. The standard InChI is InChI=1S/C18H25N3O3S/c1-6-21(7-2)18-9-8-15(12-19-18)20-25(22,23)17-11-14(4)13(3)10-16(17)24-5/h8-12,20H,6-7H2,1-5H3. The largest absolute Gasteiger partial charge is 0.495 e. The van der Waals surface area contributed by atoms with Crippen LogP contribution in [-0.2, 0) is 10.0 Å². The lowest BCUT2D eigenvalue weighted by molar-refractivity contribution is 0.402. The van der Waals surface area contributed by atoms with Crippen molar-refractivity contribution in [3.63, 3.8) is 0 Å². The Labute approximate surface area is 149 Å². The number of rotatable bonds is 7. The molecule has 1 aromatic heterocycles. The fourth-order valence-electron chi connectivity index (χ4n) is 2.52. The van der Waals surface area contributed by atoms with Gasteiger partial charge in [0, 0.05) is 13.1 Å². The number of benzene rings is 1. The first-order valence-corrected chi connectivity index (χ1v) is 9.69. The van der Waals surface area contributed by atoms with Crippen molar-refractivity contribution in [2.75, 3.05) is 29.8 Å². The Kier molecular flexibility index (Phi) is 5.89. The molecule has 136 valence electrons. The number of methoxy groups -OCH3 is 1. The second-order valence-electron chi connectivity index (χ2n) is 5.77. The third-order valence-electron chi connectivity index (χ3n) is 4.16. The van der Waals surface area contributed by atoms with E-state index in [9.17, 15) is 8.42 Å². The molecule has 0 bridgehead atoms. The number of pyridine rings is 1. The van der Waals surface area contributed by atoms with Crippen molar-refractivity contribution >= 4 is 21.5 Å². The van der Waals surface area contributed by atoms with E-state index in [2.05, 4.69) is 14.6 Å². The van der Waals surface area contributed by atoms with Crippen molar-refractivity contribution in [2.45, 2.75) is 32.6 Å². The smallest absolute Gasteiger partial charge is 0.265 e. The van der Waals surface area contributed by atoms with Crippen LogP contribution in [-0.4, -0.2) is 33.6 Å². The number of anilines is 2. The topological polar surface area (TPSA) is 71.5 Å². The lowest BCUT2D eigenvalue weighted by Crippen LogP contribution is -2.23. The molecule has 2 aromatic rings. The van der Waals surface area contributed by atoms with Gasteiger partial charge in [0.05, 0.1) is 19.0 Å². The molecule has 0 aliphatic heterocycles. The number of aromatic nitrogens is 1. The number of hydrogen-bond acceptors (Lipinski definition) is 5. The molecule has 2 rings (SSSR count). The molecule has 1 N–H and O–H groups in total. The third kappa shape index (κ3) is 4.22. The molecule has 0 fully saturated rings. The van der Waals surface area contributed by atoms with Crippen LogP contribution in [0.25, 0.3) is 0 Å². The van der Waals surface area contributed by atoms with Gasteiger partial charge in [-0.1, -0.05) is 0 Å². The molecule has 0 radical (unpaired) electrons. The summed E-state index contributed by atoms with van der Waals surface area (Å²) in [5.74, 6) is 1.14. The average molecular weight is 363 g/mol. The van der Waals surface area contributed by atoms with E-state index in [1.54, 1.807) is 18.2 Å². The van der Waals surface area contributed by atoms with Gasteiger partial charge < -0.3 is 9.64 Å². The lowest BCUT2D eigenvalue weighted by Gasteiger charge is -2.20. The highest BCUT2D eigenvalue weighted by molar-refractivity contribution is 7.92. The van der Waals surface area contributed by atoms with E-state index in [1.165, 1.54) is 13.3 Å². The van der Waals surface area contributed by atoms with Crippen LogP contribution >= 0.6 is 0 Å². The summed E-state index contributed by atoms with van der Waals surface area (Å²) in [5.41, 5.74) is 2.27. The predicted octanol–water partition coefficient (Wildman–Crippen LogP) is 3.35. The fraction of sp³-hybridized carbons (Fsp3) is 0.389. The summed E-state index contributed by atoms with van der Waals surface area (Å²) < 4.78 is 33.3. The van der Waals surface area contributed by atoms with Crippen molar-refractivity contribution in [1.82, 2.24) is 4.98 Å². The maximum Gasteiger partial charge on any atom is 0.265 e. The maximum absolute atomic E-state index is 12.7. The van der Waals surface area contributed by atoms with Crippen LogP contribution in [0.2, 0.25) is 0 Å². The minimum absolute atomic E-state index is 0.117. The van der Waals surface area contributed by atoms with Gasteiger partial charge in [-0.05, 0) is 63.1 Å². The summed E-state index contributed by atoms with van der Waals surface area (Å²) in [6, 6.07) is 6.87. The number of nitrogens with zero attached hydrogens (tertiary/aromatic N) is 2. The molecule has 0 amide bonds. The second kappa shape index (κ2) is 7.74. The van der Waals surface area contributed by atoms with Crippen LogP contribution < -0.4 is 14.4 Å². The molecule has 6 nitrogen and oxygen atoms in total. The first kappa shape index (κ1) is 19.1. The van der Waals surface area contributed by atoms with Crippen LogP contribution in [0.1, 0.15) is 25.0 Å². The highest BCUT2D eigenvalue weighted by Crippen LogP contribution is 2.29. The Morgan fingerprint density at radius 2 is 1.76 bits per heavy atom. The van der Waals surface area contributed by atoms with E-state index >= 15 is 0 Å². The molecular formula is C18H25N3O3S. The fourth-order valence-corrected chi connectivity index (χ4v) is 3.80. The Morgan fingerprint density at radius 1 is 1.12 bits per heavy atom. The van der Waals surface area contributed by atoms with Crippen LogP contribution in [0, 0.1) is 13.8 Å². The van der Waals surface area contributed by atoms with Crippen molar-refractivity contribution in [2.24, 2.45) is 0 Å². The number of sulfonamides is 1. The number of hydrogen-bond donors (Lipinski definition) is 1. The van der Waals surface area contributed by atoms with Gasteiger partial charge in [-0.2, -0.15) is 0 Å². The molecule has 0 atom stereocenters. The number of nitrogens with one attached hydrogen (secondary N) is 1. The third-order valence-corrected chi connectivity index (χ3v) is 5.56. The molecule has 0 aliphatic carbocycles. The summed E-state index contributed by atoms with van der Waals surface area (Å²) in [5, 5.41) is 0. The lowest BCUT2D eigenvalue weighted by atomic mass is 10.1. The van der Waals surface area contributed by atoms with E-state index in [0.717, 1.165) is 30.0 Å².